The Hall–Kier alpha value is -2.96. The SMILES string of the molecule is Cc1cc(NC(=O)CCN2C(=O)c3ccccc3C2=O)no1. The summed E-state index contributed by atoms with van der Waals surface area (Å²) in [5.41, 5.74) is 0.750. The number of aryl methyl sites for hydroxylation is 1. The second-order valence-electron chi connectivity index (χ2n) is 4.93. The van der Waals surface area contributed by atoms with E-state index in [9.17, 15) is 14.4 Å². The Kier molecular flexibility index (Phi) is 3.46. The lowest BCUT2D eigenvalue weighted by Gasteiger charge is -2.12. The Morgan fingerprint density at radius 3 is 2.41 bits per heavy atom. The molecule has 0 aliphatic carbocycles. The lowest BCUT2D eigenvalue weighted by atomic mass is 10.1. The van der Waals surface area contributed by atoms with E-state index in [1.54, 1.807) is 37.3 Å². The van der Waals surface area contributed by atoms with E-state index in [-0.39, 0.29) is 30.7 Å². The first kappa shape index (κ1) is 14.0. The van der Waals surface area contributed by atoms with Crippen molar-refractivity contribution < 1.29 is 18.9 Å². The Morgan fingerprint density at radius 2 is 1.86 bits per heavy atom. The Balaban J connectivity index is 1.62. The van der Waals surface area contributed by atoms with E-state index in [2.05, 4.69) is 10.5 Å². The molecule has 0 bridgehead atoms. The second-order valence-corrected chi connectivity index (χ2v) is 4.93. The molecule has 112 valence electrons. The summed E-state index contributed by atoms with van der Waals surface area (Å²) in [5, 5.41) is 6.19. The number of anilines is 1. The third kappa shape index (κ3) is 2.48. The number of aromatic nitrogens is 1. The minimum atomic E-state index is -0.370. The van der Waals surface area contributed by atoms with Gasteiger partial charge in [-0.3, -0.25) is 19.3 Å². The van der Waals surface area contributed by atoms with Crippen molar-refractivity contribution in [3.8, 4) is 0 Å². The number of nitrogens with zero attached hydrogens (tertiary/aromatic N) is 2. The number of rotatable bonds is 4. The summed E-state index contributed by atoms with van der Waals surface area (Å²) in [7, 11) is 0. The summed E-state index contributed by atoms with van der Waals surface area (Å²) in [6, 6.07) is 8.20. The molecule has 1 aliphatic heterocycles. The molecule has 3 rings (SSSR count). The smallest absolute Gasteiger partial charge is 0.261 e. The van der Waals surface area contributed by atoms with Gasteiger partial charge in [0.15, 0.2) is 5.82 Å². The number of hydrogen-bond acceptors (Lipinski definition) is 5. The minimum Gasteiger partial charge on any atom is -0.360 e. The summed E-state index contributed by atoms with van der Waals surface area (Å²) < 4.78 is 4.84. The fourth-order valence-corrected chi connectivity index (χ4v) is 2.29. The minimum absolute atomic E-state index is 0.00260. The van der Waals surface area contributed by atoms with E-state index >= 15 is 0 Å². The number of benzene rings is 1. The van der Waals surface area contributed by atoms with Crippen molar-refractivity contribution in [2.75, 3.05) is 11.9 Å². The molecule has 0 radical (unpaired) electrons. The average molecular weight is 299 g/mol. The van der Waals surface area contributed by atoms with Crippen molar-refractivity contribution in [1.82, 2.24) is 10.1 Å². The van der Waals surface area contributed by atoms with Crippen LogP contribution in [0.4, 0.5) is 5.82 Å². The molecule has 1 aliphatic rings. The molecule has 2 heterocycles. The second kappa shape index (κ2) is 5.44. The molecule has 1 aromatic carbocycles. The van der Waals surface area contributed by atoms with Gasteiger partial charge in [-0.05, 0) is 19.1 Å². The fraction of sp³-hybridized carbons (Fsp3) is 0.200. The fourth-order valence-electron chi connectivity index (χ4n) is 2.29. The van der Waals surface area contributed by atoms with E-state index in [4.69, 9.17) is 4.52 Å². The highest BCUT2D eigenvalue weighted by atomic mass is 16.5. The van der Waals surface area contributed by atoms with Crippen LogP contribution in [-0.2, 0) is 4.79 Å². The molecule has 1 N–H and O–H groups in total. The van der Waals surface area contributed by atoms with E-state index < -0.39 is 0 Å². The Labute approximate surface area is 125 Å². The zero-order valence-electron chi connectivity index (χ0n) is 11.8. The van der Waals surface area contributed by atoms with Gasteiger partial charge >= 0.3 is 0 Å². The number of carbonyl (C=O) groups excluding carboxylic acids is 3. The third-order valence-corrected chi connectivity index (χ3v) is 3.34. The molecule has 0 atom stereocenters. The number of fused-ring (bicyclic) bond motifs is 1. The zero-order valence-corrected chi connectivity index (χ0v) is 11.8. The highest BCUT2D eigenvalue weighted by Gasteiger charge is 2.34. The van der Waals surface area contributed by atoms with E-state index in [0.717, 1.165) is 4.90 Å². The molecule has 2 aromatic rings. The van der Waals surface area contributed by atoms with Crippen LogP contribution in [0.25, 0.3) is 0 Å². The predicted molar refractivity (Wildman–Crippen MR) is 76.3 cm³/mol. The van der Waals surface area contributed by atoms with Gasteiger partial charge in [0.1, 0.15) is 5.76 Å². The Bertz CT molecular complexity index is 731. The van der Waals surface area contributed by atoms with Gasteiger partial charge in [-0.25, -0.2) is 0 Å². The van der Waals surface area contributed by atoms with E-state index in [1.807, 2.05) is 0 Å². The molecule has 0 saturated heterocycles. The van der Waals surface area contributed by atoms with Gasteiger partial charge in [0, 0.05) is 19.0 Å². The van der Waals surface area contributed by atoms with Crippen LogP contribution in [0.2, 0.25) is 0 Å². The van der Waals surface area contributed by atoms with E-state index in [1.165, 1.54) is 0 Å². The monoisotopic (exact) mass is 299 g/mol. The van der Waals surface area contributed by atoms with Crippen LogP contribution >= 0.6 is 0 Å². The van der Waals surface area contributed by atoms with Crippen molar-refractivity contribution >= 4 is 23.5 Å². The number of hydrogen-bond donors (Lipinski definition) is 1. The summed E-state index contributed by atoms with van der Waals surface area (Å²) in [4.78, 5) is 37.2. The Morgan fingerprint density at radius 1 is 1.23 bits per heavy atom. The molecule has 0 saturated carbocycles. The average Bonchev–Trinajstić information content (AvgIpc) is 3.01. The number of nitrogens with one attached hydrogen (secondary N) is 1. The highest BCUT2D eigenvalue weighted by Crippen LogP contribution is 2.22. The zero-order chi connectivity index (χ0) is 15.7. The van der Waals surface area contributed by atoms with E-state index in [0.29, 0.717) is 22.7 Å². The maximum Gasteiger partial charge on any atom is 0.261 e. The maximum absolute atomic E-state index is 12.1. The van der Waals surface area contributed by atoms with Crippen molar-refractivity contribution in [2.24, 2.45) is 0 Å². The lowest BCUT2D eigenvalue weighted by molar-refractivity contribution is -0.116. The van der Waals surface area contributed by atoms with Crippen LogP contribution in [0.1, 0.15) is 32.9 Å². The largest absolute Gasteiger partial charge is 0.360 e. The number of carbonyl (C=O) groups is 3. The normalized spacial score (nSPS) is 13.4. The van der Waals surface area contributed by atoms with Crippen LogP contribution in [0.5, 0.6) is 0 Å². The topological polar surface area (TPSA) is 92.5 Å². The van der Waals surface area contributed by atoms with Crippen molar-refractivity contribution in [2.45, 2.75) is 13.3 Å². The van der Waals surface area contributed by atoms with Crippen molar-refractivity contribution in [1.29, 1.82) is 0 Å². The van der Waals surface area contributed by atoms with Gasteiger partial charge in [-0.2, -0.15) is 0 Å². The molecule has 0 spiro atoms. The van der Waals surface area contributed by atoms with Gasteiger partial charge in [-0.1, -0.05) is 17.3 Å². The summed E-state index contributed by atoms with van der Waals surface area (Å²) in [6.45, 7) is 1.73. The van der Waals surface area contributed by atoms with Gasteiger partial charge in [-0.15, -0.1) is 0 Å². The van der Waals surface area contributed by atoms with Gasteiger partial charge in [0.05, 0.1) is 11.1 Å². The lowest BCUT2D eigenvalue weighted by Crippen LogP contribution is -2.32. The first-order chi connectivity index (χ1) is 10.6. The molecule has 22 heavy (non-hydrogen) atoms. The molecule has 0 fully saturated rings. The standard InChI is InChI=1S/C15H13N3O4/c1-9-8-12(17-22-9)16-13(19)6-7-18-14(20)10-4-2-3-5-11(10)15(18)21/h2-5,8H,6-7H2,1H3,(H,16,17,19). The molecule has 1 aromatic heterocycles. The van der Waals surface area contributed by atoms with Crippen LogP contribution in [-0.4, -0.2) is 34.3 Å². The van der Waals surface area contributed by atoms with Crippen molar-refractivity contribution in [3.05, 3.63) is 47.2 Å². The molecular formula is C15H13N3O4. The van der Waals surface area contributed by atoms with Crippen LogP contribution in [0.3, 0.4) is 0 Å². The van der Waals surface area contributed by atoms with Crippen LogP contribution in [0, 0.1) is 6.92 Å². The molecular weight excluding hydrogens is 286 g/mol. The van der Waals surface area contributed by atoms with Gasteiger partial charge in [0.25, 0.3) is 11.8 Å². The van der Waals surface area contributed by atoms with Crippen LogP contribution in [0.15, 0.2) is 34.9 Å². The molecule has 7 heteroatoms. The first-order valence-electron chi connectivity index (χ1n) is 6.74. The molecule has 0 unspecified atom stereocenters. The van der Waals surface area contributed by atoms with Crippen LogP contribution < -0.4 is 5.32 Å². The van der Waals surface area contributed by atoms with Gasteiger partial charge < -0.3 is 9.84 Å². The highest BCUT2D eigenvalue weighted by molar-refractivity contribution is 6.21. The van der Waals surface area contributed by atoms with Crippen molar-refractivity contribution in [3.63, 3.8) is 0 Å². The summed E-state index contributed by atoms with van der Waals surface area (Å²) in [6.07, 6.45) is -0.00260. The maximum atomic E-state index is 12.1. The van der Waals surface area contributed by atoms with Gasteiger partial charge in [0.2, 0.25) is 5.91 Å². The third-order valence-electron chi connectivity index (χ3n) is 3.34. The predicted octanol–water partition coefficient (Wildman–Crippen LogP) is 1.61. The quantitative estimate of drug-likeness (QED) is 0.866. The number of imide groups is 1. The summed E-state index contributed by atoms with van der Waals surface area (Å²) >= 11 is 0. The number of amides is 3. The molecule has 3 amide bonds. The summed E-state index contributed by atoms with van der Waals surface area (Å²) in [5.74, 6) is -0.193. The molecule has 7 nitrogen and oxygen atoms in total. The first-order valence-corrected chi connectivity index (χ1v) is 6.74.